The van der Waals surface area contributed by atoms with Crippen LogP contribution in [0.15, 0.2) is 89.3 Å². The van der Waals surface area contributed by atoms with Crippen molar-refractivity contribution in [1.29, 1.82) is 0 Å². The van der Waals surface area contributed by atoms with E-state index in [4.69, 9.17) is 4.74 Å². The van der Waals surface area contributed by atoms with Gasteiger partial charge in [-0.05, 0) is 60.7 Å². The standard InChI is InChI=1S/C23H20N6O4S2/c1-33-18-7-3-16(4-8-18)20(30)15-34-23-26-14-11-21(28-23)27-17-5-9-19(10-6-17)35(31,32)29-22-24-12-2-13-25-22/h2-14H,15H2,1H3,(H,24,25,29)(H,26,27,28). The van der Waals surface area contributed by atoms with Gasteiger partial charge in [0.05, 0.1) is 17.8 Å². The minimum atomic E-state index is -3.82. The number of ketones is 1. The number of thioether (sulfide) groups is 1. The lowest BCUT2D eigenvalue weighted by atomic mass is 10.1. The zero-order valence-corrected chi connectivity index (χ0v) is 20.1. The van der Waals surface area contributed by atoms with Crippen LogP contribution in [-0.4, -0.2) is 47.0 Å². The number of carbonyl (C=O) groups excluding carboxylic acids is 1. The maximum atomic E-state index is 12.5. The highest BCUT2D eigenvalue weighted by atomic mass is 32.2. The third-order valence-electron chi connectivity index (χ3n) is 4.61. The van der Waals surface area contributed by atoms with E-state index in [1.54, 1.807) is 61.8 Å². The van der Waals surface area contributed by atoms with Crippen LogP contribution in [0.3, 0.4) is 0 Å². The molecule has 0 atom stereocenters. The molecule has 2 aromatic heterocycles. The van der Waals surface area contributed by atoms with Crippen molar-refractivity contribution < 1.29 is 17.9 Å². The summed E-state index contributed by atoms with van der Waals surface area (Å²) in [7, 11) is -2.25. The number of sulfonamides is 1. The molecule has 0 bridgehead atoms. The predicted molar refractivity (Wildman–Crippen MR) is 133 cm³/mol. The van der Waals surface area contributed by atoms with Crippen molar-refractivity contribution in [2.45, 2.75) is 10.1 Å². The van der Waals surface area contributed by atoms with Crippen molar-refractivity contribution in [2.75, 3.05) is 22.9 Å². The second-order valence-electron chi connectivity index (χ2n) is 6.99. The number of aromatic nitrogens is 4. The Morgan fingerprint density at radius 3 is 2.34 bits per heavy atom. The molecule has 0 unspecified atom stereocenters. The van der Waals surface area contributed by atoms with Crippen molar-refractivity contribution in [1.82, 2.24) is 19.9 Å². The second-order valence-corrected chi connectivity index (χ2v) is 9.62. The fourth-order valence-electron chi connectivity index (χ4n) is 2.87. The molecule has 35 heavy (non-hydrogen) atoms. The smallest absolute Gasteiger partial charge is 0.264 e. The van der Waals surface area contributed by atoms with Gasteiger partial charge in [-0.15, -0.1) is 0 Å². The average molecular weight is 509 g/mol. The molecule has 0 fully saturated rings. The molecule has 0 saturated carbocycles. The van der Waals surface area contributed by atoms with E-state index < -0.39 is 10.0 Å². The van der Waals surface area contributed by atoms with Gasteiger partial charge < -0.3 is 10.1 Å². The number of ether oxygens (including phenoxy) is 1. The topological polar surface area (TPSA) is 136 Å². The van der Waals surface area contributed by atoms with Crippen molar-refractivity contribution in [2.24, 2.45) is 0 Å². The molecular formula is C23H20N6O4S2. The van der Waals surface area contributed by atoms with Gasteiger partial charge in [0.1, 0.15) is 11.6 Å². The number of rotatable bonds is 10. The average Bonchev–Trinajstić information content (AvgIpc) is 2.88. The fourth-order valence-corrected chi connectivity index (χ4v) is 4.55. The molecule has 0 aliphatic heterocycles. The molecule has 2 heterocycles. The van der Waals surface area contributed by atoms with E-state index in [9.17, 15) is 13.2 Å². The number of carbonyl (C=O) groups is 1. The Hall–Kier alpha value is -4.03. The lowest BCUT2D eigenvalue weighted by Gasteiger charge is -2.09. The third-order valence-corrected chi connectivity index (χ3v) is 6.81. The van der Waals surface area contributed by atoms with Crippen LogP contribution in [0.1, 0.15) is 10.4 Å². The first-order valence-corrected chi connectivity index (χ1v) is 12.7. The highest BCUT2D eigenvalue weighted by Gasteiger charge is 2.15. The molecule has 0 spiro atoms. The van der Waals surface area contributed by atoms with Gasteiger partial charge in [0.15, 0.2) is 10.9 Å². The van der Waals surface area contributed by atoms with E-state index in [0.29, 0.717) is 28.0 Å². The summed E-state index contributed by atoms with van der Waals surface area (Å²) in [5.41, 5.74) is 1.21. The Morgan fingerprint density at radius 1 is 0.943 bits per heavy atom. The lowest BCUT2D eigenvalue weighted by Crippen LogP contribution is -2.14. The molecule has 12 heteroatoms. The summed E-state index contributed by atoms with van der Waals surface area (Å²) >= 11 is 1.22. The molecule has 4 aromatic rings. The van der Waals surface area contributed by atoms with E-state index in [1.165, 1.54) is 36.3 Å². The zero-order chi connectivity index (χ0) is 24.7. The third kappa shape index (κ3) is 6.52. The molecule has 4 rings (SSSR count). The number of nitrogens with zero attached hydrogens (tertiary/aromatic N) is 4. The predicted octanol–water partition coefficient (Wildman–Crippen LogP) is 3.79. The van der Waals surface area contributed by atoms with E-state index in [2.05, 4.69) is 30.0 Å². The van der Waals surface area contributed by atoms with Crippen molar-refractivity contribution in [3.8, 4) is 5.75 Å². The second kappa shape index (κ2) is 10.9. The van der Waals surface area contributed by atoms with Crippen molar-refractivity contribution in [3.63, 3.8) is 0 Å². The van der Waals surface area contributed by atoms with Gasteiger partial charge in [-0.1, -0.05) is 11.8 Å². The van der Waals surface area contributed by atoms with Gasteiger partial charge in [0, 0.05) is 29.8 Å². The van der Waals surface area contributed by atoms with Gasteiger partial charge in [-0.25, -0.2) is 33.1 Å². The fraction of sp³-hybridized carbons (Fsp3) is 0.0870. The Bertz CT molecular complexity index is 1400. The largest absolute Gasteiger partial charge is 0.497 e. The van der Waals surface area contributed by atoms with Crippen LogP contribution in [0.4, 0.5) is 17.5 Å². The van der Waals surface area contributed by atoms with Crippen molar-refractivity contribution >= 4 is 45.0 Å². The minimum absolute atomic E-state index is 0.00816. The van der Waals surface area contributed by atoms with E-state index in [-0.39, 0.29) is 22.4 Å². The summed E-state index contributed by atoms with van der Waals surface area (Å²) in [6.07, 6.45) is 4.47. The van der Waals surface area contributed by atoms with Crippen LogP contribution in [0.2, 0.25) is 0 Å². The summed E-state index contributed by atoms with van der Waals surface area (Å²) in [5, 5.41) is 3.53. The quantitative estimate of drug-likeness (QED) is 0.185. The number of anilines is 3. The lowest BCUT2D eigenvalue weighted by molar-refractivity contribution is 0.102. The number of benzene rings is 2. The number of hydrogen-bond acceptors (Lipinski definition) is 10. The van der Waals surface area contributed by atoms with Gasteiger partial charge in [-0.2, -0.15) is 0 Å². The molecule has 10 nitrogen and oxygen atoms in total. The molecule has 0 radical (unpaired) electrons. The Balaban J connectivity index is 1.37. The first-order valence-electron chi connectivity index (χ1n) is 10.2. The van der Waals surface area contributed by atoms with Gasteiger partial charge in [-0.3, -0.25) is 4.79 Å². The highest BCUT2D eigenvalue weighted by molar-refractivity contribution is 7.99. The normalized spacial score (nSPS) is 11.0. The minimum Gasteiger partial charge on any atom is -0.497 e. The van der Waals surface area contributed by atoms with Crippen LogP contribution < -0.4 is 14.8 Å². The Morgan fingerprint density at radius 2 is 1.66 bits per heavy atom. The molecule has 0 aliphatic rings. The number of methoxy groups -OCH3 is 1. The van der Waals surface area contributed by atoms with E-state index in [1.807, 2.05) is 0 Å². The number of hydrogen-bond donors (Lipinski definition) is 2. The summed E-state index contributed by atoms with van der Waals surface area (Å²) in [5.74, 6) is 1.31. The Kier molecular flexibility index (Phi) is 7.53. The molecule has 2 N–H and O–H groups in total. The van der Waals surface area contributed by atoms with Crippen LogP contribution in [0, 0.1) is 0 Å². The Labute approximate surface area is 206 Å². The summed E-state index contributed by atoms with van der Waals surface area (Å²) in [6, 6.07) is 16.3. The molecule has 0 saturated heterocycles. The molecule has 0 aliphatic carbocycles. The summed E-state index contributed by atoms with van der Waals surface area (Å²) < 4.78 is 32.4. The maximum Gasteiger partial charge on any atom is 0.264 e. The van der Waals surface area contributed by atoms with Gasteiger partial charge in [0.25, 0.3) is 10.0 Å². The zero-order valence-electron chi connectivity index (χ0n) is 18.5. The highest BCUT2D eigenvalue weighted by Crippen LogP contribution is 2.22. The van der Waals surface area contributed by atoms with E-state index >= 15 is 0 Å². The molecule has 2 aromatic carbocycles. The van der Waals surface area contributed by atoms with Crippen LogP contribution in [-0.2, 0) is 10.0 Å². The van der Waals surface area contributed by atoms with Crippen LogP contribution in [0.25, 0.3) is 0 Å². The first-order chi connectivity index (χ1) is 16.9. The summed E-state index contributed by atoms with van der Waals surface area (Å²) in [4.78, 5) is 28.8. The van der Waals surface area contributed by atoms with E-state index in [0.717, 1.165) is 0 Å². The maximum absolute atomic E-state index is 12.5. The molecule has 178 valence electrons. The number of nitrogens with one attached hydrogen (secondary N) is 2. The van der Waals surface area contributed by atoms with Crippen molar-refractivity contribution in [3.05, 3.63) is 84.8 Å². The number of Topliss-reactive ketones (excluding diaryl/α,β-unsaturated/α-hetero) is 1. The monoisotopic (exact) mass is 508 g/mol. The van der Waals surface area contributed by atoms with Gasteiger partial charge in [0.2, 0.25) is 5.95 Å². The van der Waals surface area contributed by atoms with Crippen LogP contribution >= 0.6 is 11.8 Å². The SMILES string of the molecule is COc1ccc(C(=O)CSc2nccc(Nc3ccc(S(=O)(=O)Nc4ncccn4)cc3)n2)cc1. The first kappa shape index (κ1) is 24.1. The molecule has 0 amide bonds. The summed E-state index contributed by atoms with van der Waals surface area (Å²) in [6.45, 7) is 0. The van der Waals surface area contributed by atoms with Gasteiger partial charge >= 0.3 is 0 Å². The molecular weight excluding hydrogens is 488 g/mol. The van der Waals surface area contributed by atoms with Crippen LogP contribution in [0.5, 0.6) is 5.75 Å².